The van der Waals surface area contributed by atoms with Crippen molar-refractivity contribution in [2.24, 2.45) is 0 Å². The molecule has 0 bridgehead atoms. The third-order valence-electron chi connectivity index (χ3n) is 2.29. The average Bonchev–Trinajstić information content (AvgIpc) is 3.09. The summed E-state index contributed by atoms with van der Waals surface area (Å²) in [4.78, 5) is 11.4. The first-order chi connectivity index (χ1) is 7.36. The van der Waals surface area contributed by atoms with E-state index in [0.29, 0.717) is 25.8 Å². The Kier molecular flexibility index (Phi) is 3.45. The average molecular weight is 212 g/mol. The smallest absolute Gasteiger partial charge is 0.289 e. The second kappa shape index (κ2) is 5.02. The molecule has 15 heavy (non-hydrogen) atoms. The van der Waals surface area contributed by atoms with E-state index in [4.69, 9.17) is 9.47 Å². The zero-order valence-corrected chi connectivity index (χ0v) is 8.62. The van der Waals surface area contributed by atoms with E-state index in [1.54, 1.807) is 0 Å². The summed E-state index contributed by atoms with van der Waals surface area (Å²) in [5.74, 6) is 0.0694. The molecule has 1 saturated carbocycles. The van der Waals surface area contributed by atoms with Gasteiger partial charge in [0.15, 0.2) is 0 Å². The molecule has 0 atom stereocenters. The van der Waals surface area contributed by atoms with Crippen LogP contribution >= 0.6 is 0 Å². The van der Waals surface area contributed by atoms with Gasteiger partial charge in [-0.05, 0) is 12.8 Å². The second-order valence-electron chi connectivity index (χ2n) is 3.69. The van der Waals surface area contributed by atoms with Crippen LogP contribution in [0.2, 0.25) is 0 Å². The van der Waals surface area contributed by atoms with Crippen molar-refractivity contribution in [2.75, 3.05) is 26.3 Å². The van der Waals surface area contributed by atoms with Crippen molar-refractivity contribution < 1.29 is 14.3 Å². The molecule has 0 radical (unpaired) electrons. The summed E-state index contributed by atoms with van der Waals surface area (Å²) in [6.07, 6.45) is 3.89. The van der Waals surface area contributed by atoms with E-state index in [0.717, 1.165) is 6.54 Å². The van der Waals surface area contributed by atoms with Crippen molar-refractivity contribution >= 4 is 5.91 Å². The molecule has 2 aliphatic rings. The van der Waals surface area contributed by atoms with Crippen LogP contribution in [0.4, 0.5) is 0 Å². The first-order valence-corrected chi connectivity index (χ1v) is 5.32. The van der Waals surface area contributed by atoms with Crippen LogP contribution in [0.3, 0.4) is 0 Å². The minimum Gasteiger partial charge on any atom is -0.494 e. The van der Waals surface area contributed by atoms with Crippen LogP contribution in [-0.2, 0) is 14.3 Å². The molecule has 1 aliphatic carbocycles. The minimum absolute atomic E-state index is 0.202. The van der Waals surface area contributed by atoms with E-state index >= 15 is 0 Å². The third-order valence-corrected chi connectivity index (χ3v) is 2.29. The van der Waals surface area contributed by atoms with E-state index in [2.05, 4.69) is 10.6 Å². The molecule has 0 unspecified atom stereocenters. The van der Waals surface area contributed by atoms with E-state index in [1.165, 1.54) is 19.1 Å². The predicted octanol–water partition coefficient (Wildman–Crippen LogP) is -0.257. The number of carbonyl (C=O) groups excluding carboxylic acids is 1. The summed E-state index contributed by atoms with van der Waals surface area (Å²) in [6, 6.07) is 0.676. The number of hydrogen-bond acceptors (Lipinski definition) is 4. The number of carbonyl (C=O) groups is 1. The van der Waals surface area contributed by atoms with Crippen molar-refractivity contribution in [3.63, 3.8) is 0 Å². The maximum absolute atomic E-state index is 11.4. The van der Waals surface area contributed by atoms with Gasteiger partial charge in [0.05, 0.1) is 0 Å². The largest absolute Gasteiger partial charge is 0.494 e. The molecule has 2 N–H and O–H groups in total. The Labute approximate surface area is 88.8 Å². The van der Waals surface area contributed by atoms with Crippen LogP contribution in [-0.4, -0.2) is 38.3 Å². The van der Waals surface area contributed by atoms with Crippen LogP contribution in [0.5, 0.6) is 0 Å². The van der Waals surface area contributed by atoms with Crippen LogP contribution in [0.1, 0.15) is 12.8 Å². The zero-order chi connectivity index (χ0) is 10.5. The lowest BCUT2D eigenvalue weighted by Gasteiger charge is -2.15. The van der Waals surface area contributed by atoms with Crippen molar-refractivity contribution in [2.45, 2.75) is 18.9 Å². The molecule has 1 amide bonds. The molecule has 1 fully saturated rings. The summed E-state index contributed by atoms with van der Waals surface area (Å²) >= 11 is 0. The summed E-state index contributed by atoms with van der Waals surface area (Å²) in [5, 5.41) is 6.07. The molecule has 1 aliphatic heterocycles. The maximum atomic E-state index is 11.4. The van der Waals surface area contributed by atoms with Gasteiger partial charge in [0.1, 0.15) is 19.5 Å². The monoisotopic (exact) mass is 212 g/mol. The predicted molar refractivity (Wildman–Crippen MR) is 54.0 cm³/mol. The number of rotatable bonds is 5. The lowest BCUT2D eigenvalue weighted by atomic mass is 10.4. The van der Waals surface area contributed by atoms with Gasteiger partial charge in [-0.2, -0.15) is 0 Å². The molecule has 0 aromatic heterocycles. The molecule has 0 saturated heterocycles. The van der Waals surface area contributed by atoms with Crippen LogP contribution < -0.4 is 10.6 Å². The highest BCUT2D eigenvalue weighted by Gasteiger charge is 2.20. The Hall–Kier alpha value is -1.23. The first kappa shape index (κ1) is 10.3. The highest BCUT2D eigenvalue weighted by atomic mass is 16.6. The topological polar surface area (TPSA) is 59.6 Å². The Balaban J connectivity index is 1.60. The second-order valence-corrected chi connectivity index (χ2v) is 3.69. The highest BCUT2D eigenvalue weighted by Crippen LogP contribution is 2.17. The van der Waals surface area contributed by atoms with Gasteiger partial charge in [-0.1, -0.05) is 0 Å². The van der Waals surface area contributed by atoms with Gasteiger partial charge in [0.25, 0.3) is 5.91 Å². The van der Waals surface area contributed by atoms with E-state index in [9.17, 15) is 4.79 Å². The SMILES string of the molecule is O=C(NCCNC1CC1)C1=COCCO1. The van der Waals surface area contributed by atoms with Crippen LogP contribution in [0, 0.1) is 0 Å². The van der Waals surface area contributed by atoms with E-state index in [-0.39, 0.29) is 11.7 Å². The molecule has 0 spiro atoms. The van der Waals surface area contributed by atoms with E-state index < -0.39 is 0 Å². The van der Waals surface area contributed by atoms with Gasteiger partial charge in [0.2, 0.25) is 5.76 Å². The zero-order valence-electron chi connectivity index (χ0n) is 8.62. The molecule has 0 aromatic rings. The van der Waals surface area contributed by atoms with Crippen LogP contribution in [0.25, 0.3) is 0 Å². The Bertz CT molecular complexity index is 261. The Morgan fingerprint density at radius 1 is 1.40 bits per heavy atom. The summed E-state index contributed by atoms with van der Waals surface area (Å²) in [5.41, 5.74) is 0. The summed E-state index contributed by atoms with van der Waals surface area (Å²) in [7, 11) is 0. The van der Waals surface area contributed by atoms with Crippen molar-refractivity contribution in [3.05, 3.63) is 12.0 Å². The molecular formula is C10H16N2O3. The minimum atomic E-state index is -0.202. The molecular weight excluding hydrogens is 196 g/mol. The Morgan fingerprint density at radius 2 is 2.27 bits per heavy atom. The number of nitrogens with one attached hydrogen (secondary N) is 2. The van der Waals surface area contributed by atoms with Gasteiger partial charge in [-0.15, -0.1) is 0 Å². The van der Waals surface area contributed by atoms with Gasteiger partial charge < -0.3 is 20.1 Å². The van der Waals surface area contributed by atoms with Crippen molar-refractivity contribution in [3.8, 4) is 0 Å². The highest BCUT2D eigenvalue weighted by molar-refractivity contribution is 5.91. The lowest BCUT2D eigenvalue weighted by Crippen LogP contribution is -2.34. The number of ether oxygens (including phenoxy) is 2. The third kappa shape index (κ3) is 3.43. The number of hydrogen-bond donors (Lipinski definition) is 2. The molecule has 0 aromatic carbocycles. The lowest BCUT2D eigenvalue weighted by molar-refractivity contribution is -0.122. The van der Waals surface area contributed by atoms with Crippen LogP contribution in [0.15, 0.2) is 12.0 Å². The summed E-state index contributed by atoms with van der Waals surface area (Å²) < 4.78 is 10.1. The first-order valence-electron chi connectivity index (χ1n) is 5.32. The normalized spacial score (nSPS) is 19.9. The molecule has 5 heteroatoms. The van der Waals surface area contributed by atoms with Gasteiger partial charge in [-0.3, -0.25) is 4.79 Å². The fourth-order valence-corrected chi connectivity index (χ4v) is 1.31. The van der Waals surface area contributed by atoms with Gasteiger partial charge in [-0.25, -0.2) is 0 Å². The fraction of sp³-hybridized carbons (Fsp3) is 0.700. The molecule has 5 nitrogen and oxygen atoms in total. The standard InChI is InChI=1S/C10H16N2O3/c13-10(9-7-14-5-6-15-9)12-4-3-11-8-1-2-8/h7-8,11H,1-6H2,(H,12,13). The van der Waals surface area contributed by atoms with Crippen molar-refractivity contribution in [1.82, 2.24) is 10.6 Å². The van der Waals surface area contributed by atoms with Gasteiger partial charge >= 0.3 is 0 Å². The van der Waals surface area contributed by atoms with Gasteiger partial charge in [0, 0.05) is 19.1 Å². The molecule has 2 rings (SSSR count). The quantitative estimate of drug-likeness (QED) is 0.617. The number of amides is 1. The fourth-order valence-electron chi connectivity index (χ4n) is 1.31. The molecule has 84 valence electrons. The summed E-state index contributed by atoms with van der Waals surface area (Å²) in [6.45, 7) is 2.39. The molecule has 1 heterocycles. The van der Waals surface area contributed by atoms with Crippen molar-refractivity contribution in [1.29, 1.82) is 0 Å². The van der Waals surface area contributed by atoms with E-state index in [1.807, 2.05) is 0 Å². The Morgan fingerprint density at radius 3 is 2.93 bits per heavy atom. The maximum Gasteiger partial charge on any atom is 0.289 e.